The minimum atomic E-state index is -1.21. The van der Waals surface area contributed by atoms with E-state index in [0.717, 1.165) is 16.0 Å². The van der Waals surface area contributed by atoms with Crippen molar-refractivity contribution in [3.8, 4) is 0 Å². The van der Waals surface area contributed by atoms with Crippen LogP contribution in [-0.4, -0.2) is 5.11 Å². The summed E-state index contributed by atoms with van der Waals surface area (Å²) in [6.45, 7) is 0. The van der Waals surface area contributed by atoms with Gasteiger partial charge in [-0.05, 0) is 46.8 Å². The first-order valence-corrected chi connectivity index (χ1v) is 8.03. The second-order valence-corrected chi connectivity index (χ2v) is 6.52. The van der Waals surface area contributed by atoms with E-state index >= 15 is 0 Å². The highest BCUT2D eigenvalue weighted by molar-refractivity contribution is 7.10. The standard InChI is InChI=1S/C17H12Cl2OS/c18-14-7-3-12(4-8-14)17(20,16-2-1-11-21-16)13-5-9-15(19)10-6-13/h1-11,20H. The van der Waals surface area contributed by atoms with Crippen LogP contribution in [0.3, 0.4) is 0 Å². The van der Waals surface area contributed by atoms with Gasteiger partial charge in [-0.25, -0.2) is 0 Å². The lowest BCUT2D eigenvalue weighted by Crippen LogP contribution is -2.27. The normalized spacial score (nSPS) is 11.6. The minimum Gasteiger partial charge on any atom is -0.375 e. The summed E-state index contributed by atoms with van der Waals surface area (Å²) in [4.78, 5) is 0.854. The van der Waals surface area contributed by atoms with E-state index in [2.05, 4.69) is 0 Å². The molecule has 2 aromatic carbocycles. The van der Waals surface area contributed by atoms with Gasteiger partial charge in [0.15, 0.2) is 0 Å². The van der Waals surface area contributed by atoms with Crippen molar-refractivity contribution in [2.75, 3.05) is 0 Å². The van der Waals surface area contributed by atoms with E-state index < -0.39 is 5.60 Å². The van der Waals surface area contributed by atoms with E-state index in [1.54, 1.807) is 24.3 Å². The number of benzene rings is 2. The minimum absolute atomic E-state index is 0.642. The molecule has 0 amide bonds. The topological polar surface area (TPSA) is 20.2 Å². The molecule has 4 heteroatoms. The van der Waals surface area contributed by atoms with E-state index in [0.29, 0.717) is 10.0 Å². The molecule has 0 radical (unpaired) electrons. The van der Waals surface area contributed by atoms with Gasteiger partial charge in [0.25, 0.3) is 0 Å². The van der Waals surface area contributed by atoms with Crippen LogP contribution in [0.25, 0.3) is 0 Å². The summed E-state index contributed by atoms with van der Waals surface area (Å²) in [6, 6.07) is 18.4. The summed E-state index contributed by atoms with van der Waals surface area (Å²) in [5, 5.41) is 14.7. The average molecular weight is 335 g/mol. The molecular weight excluding hydrogens is 323 g/mol. The molecule has 21 heavy (non-hydrogen) atoms. The van der Waals surface area contributed by atoms with Crippen LogP contribution < -0.4 is 0 Å². The Hall–Kier alpha value is -1.32. The molecule has 0 aliphatic rings. The van der Waals surface area contributed by atoms with Crippen LogP contribution in [0.1, 0.15) is 16.0 Å². The van der Waals surface area contributed by atoms with Crippen molar-refractivity contribution in [3.63, 3.8) is 0 Å². The first kappa shape index (κ1) is 14.6. The highest BCUT2D eigenvalue weighted by Gasteiger charge is 2.34. The number of hydrogen-bond acceptors (Lipinski definition) is 2. The third kappa shape index (κ3) is 2.72. The van der Waals surface area contributed by atoms with Crippen LogP contribution in [0.4, 0.5) is 0 Å². The van der Waals surface area contributed by atoms with Crippen molar-refractivity contribution in [3.05, 3.63) is 92.1 Å². The van der Waals surface area contributed by atoms with Gasteiger partial charge in [-0.3, -0.25) is 0 Å². The van der Waals surface area contributed by atoms with Crippen LogP contribution in [0.2, 0.25) is 10.0 Å². The zero-order valence-electron chi connectivity index (χ0n) is 11.0. The average Bonchev–Trinajstić information content (AvgIpc) is 3.02. The third-order valence-corrected chi connectivity index (χ3v) is 4.88. The van der Waals surface area contributed by atoms with Gasteiger partial charge in [0.1, 0.15) is 5.60 Å². The van der Waals surface area contributed by atoms with Gasteiger partial charge in [-0.1, -0.05) is 53.5 Å². The number of rotatable bonds is 3. The predicted molar refractivity (Wildman–Crippen MR) is 89.3 cm³/mol. The van der Waals surface area contributed by atoms with Crippen molar-refractivity contribution < 1.29 is 5.11 Å². The molecule has 3 rings (SSSR count). The zero-order chi connectivity index (χ0) is 14.9. The van der Waals surface area contributed by atoms with Gasteiger partial charge < -0.3 is 5.11 Å². The molecule has 0 aliphatic carbocycles. The van der Waals surface area contributed by atoms with Gasteiger partial charge in [0, 0.05) is 14.9 Å². The van der Waals surface area contributed by atoms with Crippen molar-refractivity contribution in [1.82, 2.24) is 0 Å². The molecule has 0 saturated heterocycles. The molecule has 106 valence electrons. The summed E-state index contributed by atoms with van der Waals surface area (Å²) in [5.41, 5.74) is 0.344. The third-order valence-electron chi connectivity index (χ3n) is 3.40. The van der Waals surface area contributed by atoms with Crippen molar-refractivity contribution >= 4 is 34.5 Å². The second kappa shape index (κ2) is 5.82. The fourth-order valence-electron chi connectivity index (χ4n) is 2.32. The quantitative estimate of drug-likeness (QED) is 0.685. The van der Waals surface area contributed by atoms with Crippen molar-refractivity contribution in [2.24, 2.45) is 0 Å². The zero-order valence-corrected chi connectivity index (χ0v) is 13.3. The summed E-state index contributed by atoms with van der Waals surface area (Å²) in [7, 11) is 0. The molecule has 0 spiro atoms. The molecule has 0 aliphatic heterocycles. The summed E-state index contributed by atoms with van der Waals surface area (Å²) in [5.74, 6) is 0. The molecule has 1 N–H and O–H groups in total. The molecule has 1 aromatic heterocycles. The first-order chi connectivity index (χ1) is 10.1. The van der Waals surface area contributed by atoms with E-state index in [4.69, 9.17) is 23.2 Å². The van der Waals surface area contributed by atoms with Crippen molar-refractivity contribution in [2.45, 2.75) is 5.60 Å². The number of halogens is 2. The summed E-state index contributed by atoms with van der Waals surface area (Å²) in [6.07, 6.45) is 0. The molecule has 0 atom stereocenters. The van der Waals surface area contributed by atoms with Gasteiger partial charge in [0.05, 0.1) is 0 Å². The Balaban J connectivity index is 2.20. The smallest absolute Gasteiger partial charge is 0.149 e. The summed E-state index contributed by atoms with van der Waals surface area (Å²) < 4.78 is 0. The van der Waals surface area contributed by atoms with Crippen LogP contribution in [0.15, 0.2) is 66.0 Å². The molecule has 1 nitrogen and oxygen atoms in total. The van der Waals surface area contributed by atoms with Crippen LogP contribution in [0, 0.1) is 0 Å². The van der Waals surface area contributed by atoms with E-state index in [9.17, 15) is 5.11 Å². The maximum atomic E-state index is 11.4. The molecule has 0 fully saturated rings. The number of thiophene rings is 1. The molecule has 0 unspecified atom stereocenters. The number of aliphatic hydroxyl groups is 1. The highest BCUT2D eigenvalue weighted by atomic mass is 35.5. The lowest BCUT2D eigenvalue weighted by molar-refractivity contribution is 0.129. The van der Waals surface area contributed by atoms with Crippen molar-refractivity contribution in [1.29, 1.82) is 0 Å². The molecular formula is C17H12Cl2OS. The van der Waals surface area contributed by atoms with E-state index in [1.807, 2.05) is 41.8 Å². The monoisotopic (exact) mass is 334 g/mol. The Morgan fingerprint density at radius 3 is 1.62 bits per heavy atom. The Kier molecular flexibility index (Phi) is 4.05. The van der Waals surface area contributed by atoms with Crippen LogP contribution in [0.5, 0.6) is 0 Å². The van der Waals surface area contributed by atoms with Gasteiger partial charge in [-0.2, -0.15) is 0 Å². The highest BCUT2D eigenvalue weighted by Crippen LogP contribution is 2.39. The fraction of sp³-hybridized carbons (Fsp3) is 0.0588. The lowest BCUT2D eigenvalue weighted by atomic mass is 9.85. The van der Waals surface area contributed by atoms with E-state index in [1.165, 1.54) is 11.3 Å². The second-order valence-electron chi connectivity index (χ2n) is 4.70. The predicted octanol–water partition coefficient (Wildman–Crippen LogP) is 5.34. The van der Waals surface area contributed by atoms with Gasteiger partial charge in [-0.15, -0.1) is 11.3 Å². The van der Waals surface area contributed by atoms with E-state index in [-0.39, 0.29) is 0 Å². The largest absolute Gasteiger partial charge is 0.375 e. The maximum Gasteiger partial charge on any atom is 0.149 e. The first-order valence-electron chi connectivity index (χ1n) is 6.39. The van der Waals surface area contributed by atoms with Crippen LogP contribution >= 0.6 is 34.5 Å². The molecule has 0 saturated carbocycles. The Morgan fingerprint density at radius 2 is 1.24 bits per heavy atom. The lowest BCUT2D eigenvalue weighted by Gasteiger charge is -2.28. The molecule has 0 bridgehead atoms. The van der Waals surface area contributed by atoms with Crippen LogP contribution in [-0.2, 0) is 5.60 Å². The Bertz CT molecular complexity index is 673. The maximum absolute atomic E-state index is 11.4. The molecule has 3 aromatic rings. The Morgan fingerprint density at radius 1 is 0.762 bits per heavy atom. The van der Waals surface area contributed by atoms with Gasteiger partial charge in [0.2, 0.25) is 0 Å². The summed E-state index contributed by atoms with van der Waals surface area (Å²) >= 11 is 13.4. The Labute approximate surface area is 137 Å². The fourth-order valence-corrected chi connectivity index (χ4v) is 3.44. The number of hydrogen-bond donors (Lipinski definition) is 1. The van der Waals surface area contributed by atoms with Gasteiger partial charge >= 0.3 is 0 Å². The molecule has 1 heterocycles. The SMILES string of the molecule is OC(c1ccc(Cl)cc1)(c1ccc(Cl)cc1)c1cccs1.